The van der Waals surface area contributed by atoms with E-state index in [1.807, 2.05) is 36.7 Å². The van der Waals surface area contributed by atoms with Crippen molar-refractivity contribution in [3.05, 3.63) is 89.7 Å². The van der Waals surface area contributed by atoms with Gasteiger partial charge in [-0.1, -0.05) is 24.3 Å². The van der Waals surface area contributed by atoms with Crippen LogP contribution in [0.5, 0.6) is 5.75 Å². The van der Waals surface area contributed by atoms with Crippen LogP contribution in [0.2, 0.25) is 0 Å². The molecule has 2 heterocycles. The number of benzene rings is 2. The zero-order valence-electron chi connectivity index (χ0n) is 17.0. The fraction of sp³-hybridized carbons (Fsp3) is 0.320. The predicted molar refractivity (Wildman–Crippen MR) is 116 cm³/mol. The second-order valence-corrected chi connectivity index (χ2v) is 7.55. The van der Waals surface area contributed by atoms with Gasteiger partial charge in [-0.05, 0) is 71.8 Å². The van der Waals surface area contributed by atoms with Gasteiger partial charge in [-0.3, -0.25) is 4.98 Å². The van der Waals surface area contributed by atoms with Gasteiger partial charge in [0, 0.05) is 31.2 Å². The number of nitrogens with zero attached hydrogens (tertiary/aromatic N) is 2. The first-order valence-corrected chi connectivity index (χ1v) is 10.3. The van der Waals surface area contributed by atoms with Crippen molar-refractivity contribution < 1.29 is 9.47 Å². The van der Waals surface area contributed by atoms with Crippen LogP contribution in [0.25, 0.3) is 0 Å². The van der Waals surface area contributed by atoms with E-state index in [1.54, 1.807) is 7.11 Å². The molecule has 0 spiro atoms. The molecule has 1 fully saturated rings. The van der Waals surface area contributed by atoms with Crippen LogP contribution in [0.1, 0.15) is 35.4 Å². The summed E-state index contributed by atoms with van der Waals surface area (Å²) < 4.78 is 11.1. The molecule has 0 atom stereocenters. The minimum atomic E-state index is 0.603. The van der Waals surface area contributed by atoms with Crippen molar-refractivity contribution in [2.75, 3.05) is 25.1 Å². The molecule has 1 aliphatic heterocycles. The largest absolute Gasteiger partial charge is 0.497 e. The fourth-order valence-electron chi connectivity index (χ4n) is 3.96. The molecule has 0 saturated carbocycles. The quantitative estimate of drug-likeness (QED) is 0.558. The van der Waals surface area contributed by atoms with E-state index in [1.165, 1.54) is 29.7 Å². The zero-order chi connectivity index (χ0) is 19.9. The number of hydrogen-bond acceptors (Lipinski definition) is 4. The first-order valence-electron chi connectivity index (χ1n) is 10.3. The van der Waals surface area contributed by atoms with Crippen molar-refractivity contribution in [3.63, 3.8) is 0 Å². The smallest absolute Gasteiger partial charge is 0.118 e. The topological polar surface area (TPSA) is 34.6 Å². The van der Waals surface area contributed by atoms with Gasteiger partial charge in [-0.2, -0.15) is 0 Å². The number of anilines is 1. The van der Waals surface area contributed by atoms with Crippen molar-refractivity contribution in [2.24, 2.45) is 0 Å². The molecule has 0 bridgehead atoms. The van der Waals surface area contributed by atoms with Crippen LogP contribution in [0.3, 0.4) is 0 Å². The molecule has 1 aliphatic rings. The average molecular weight is 389 g/mol. The molecule has 0 N–H and O–H groups in total. The van der Waals surface area contributed by atoms with Crippen LogP contribution in [0.15, 0.2) is 73.1 Å². The summed E-state index contributed by atoms with van der Waals surface area (Å²) in [4.78, 5) is 6.63. The van der Waals surface area contributed by atoms with Gasteiger partial charge in [-0.15, -0.1) is 0 Å². The fourth-order valence-corrected chi connectivity index (χ4v) is 3.96. The van der Waals surface area contributed by atoms with Crippen molar-refractivity contribution in [3.8, 4) is 5.75 Å². The van der Waals surface area contributed by atoms with Crippen LogP contribution >= 0.6 is 0 Å². The predicted octanol–water partition coefficient (Wildman–Crippen LogP) is 5.19. The summed E-state index contributed by atoms with van der Waals surface area (Å²) in [6, 6.07) is 21.1. The number of rotatable bonds is 7. The molecule has 4 nitrogen and oxygen atoms in total. The van der Waals surface area contributed by atoms with E-state index in [4.69, 9.17) is 9.47 Å². The first-order chi connectivity index (χ1) is 14.3. The second-order valence-electron chi connectivity index (χ2n) is 7.55. The van der Waals surface area contributed by atoms with Crippen LogP contribution in [-0.2, 0) is 18.0 Å². The number of pyridine rings is 1. The lowest BCUT2D eigenvalue weighted by molar-refractivity contribution is 0.107. The van der Waals surface area contributed by atoms with Crippen molar-refractivity contribution in [2.45, 2.75) is 32.0 Å². The molecule has 29 heavy (non-hydrogen) atoms. The standard InChI is InChI=1S/C25H28N2O2/c1-28-25-7-5-20(6-8-25)18-29-19-21-3-2-4-24(17-21)27-15-11-23(12-16-27)22-9-13-26-14-10-22/h2-10,13-14,17,23H,11-12,15-16,18-19H2,1H3. The van der Waals surface area contributed by atoms with Crippen LogP contribution < -0.4 is 9.64 Å². The summed E-state index contributed by atoms with van der Waals surface area (Å²) >= 11 is 0. The molecule has 0 unspecified atom stereocenters. The lowest BCUT2D eigenvalue weighted by Crippen LogP contribution is -2.32. The van der Waals surface area contributed by atoms with E-state index in [9.17, 15) is 0 Å². The van der Waals surface area contributed by atoms with E-state index < -0.39 is 0 Å². The SMILES string of the molecule is COc1ccc(COCc2cccc(N3CCC(c4ccncc4)CC3)c2)cc1. The number of ether oxygens (including phenoxy) is 2. The Morgan fingerprint density at radius 1 is 0.897 bits per heavy atom. The lowest BCUT2D eigenvalue weighted by atomic mass is 9.90. The van der Waals surface area contributed by atoms with Gasteiger partial charge in [-0.25, -0.2) is 0 Å². The Bertz CT molecular complexity index is 888. The maximum Gasteiger partial charge on any atom is 0.118 e. The Morgan fingerprint density at radius 2 is 1.62 bits per heavy atom. The number of hydrogen-bond donors (Lipinski definition) is 0. The Labute approximate surface area is 173 Å². The van der Waals surface area contributed by atoms with E-state index in [0.29, 0.717) is 19.1 Å². The highest BCUT2D eigenvalue weighted by Gasteiger charge is 2.20. The molecule has 3 aromatic rings. The van der Waals surface area contributed by atoms with Crippen molar-refractivity contribution >= 4 is 5.69 Å². The summed E-state index contributed by atoms with van der Waals surface area (Å²) in [5.74, 6) is 1.51. The first kappa shape index (κ1) is 19.5. The van der Waals surface area contributed by atoms with Gasteiger partial charge < -0.3 is 14.4 Å². The third-order valence-electron chi connectivity index (χ3n) is 5.64. The van der Waals surface area contributed by atoms with Crippen LogP contribution in [-0.4, -0.2) is 25.2 Å². The van der Waals surface area contributed by atoms with Crippen molar-refractivity contribution in [1.29, 1.82) is 0 Å². The molecule has 4 heteroatoms. The Kier molecular flexibility index (Phi) is 6.42. The molecule has 2 aromatic carbocycles. The summed E-state index contributed by atoms with van der Waals surface area (Å²) in [7, 11) is 1.68. The summed E-state index contributed by atoms with van der Waals surface area (Å²) in [6.45, 7) is 3.39. The normalized spacial score (nSPS) is 14.7. The van der Waals surface area contributed by atoms with Crippen LogP contribution in [0, 0.1) is 0 Å². The summed E-state index contributed by atoms with van der Waals surface area (Å²) in [5, 5.41) is 0. The highest BCUT2D eigenvalue weighted by Crippen LogP contribution is 2.30. The maximum absolute atomic E-state index is 5.93. The van der Waals surface area contributed by atoms with E-state index in [2.05, 4.69) is 46.3 Å². The molecule has 0 amide bonds. The van der Waals surface area contributed by atoms with E-state index in [0.717, 1.165) is 24.4 Å². The monoisotopic (exact) mass is 388 g/mol. The maximum atomic E-state index is 5.93. The highest BCUT2D eigenvalue weighted by atomic mass is 16.5. The third-order valence-corrected chi connectivity index (χ3v) is 5.64. The number of methoxy groups -OCH3 is 1. The number of aromatic nitrogens is 1. The van der Waals surface area contributed by atoms with Gasteiger partial charge in [0.25, 0.3) is 0 Å². The van der Waals surface area contributed by atoms with Crippen molar-refractivity contribution in [1.82, 2.24) is 4.98 Å². The van der Waals surface area contributed by atoms with E-state index >= 15 is 0 Å². The minimum absolute atomic E-state index is 0.603. The van der Waals surface area contributed by atoms with Gasteiger partial charge >= 0.3 is 0 Å². The van der Waals surface area contributed by atoms with E-state index in [-0.39, 0.29) is 0 Å². The minimum Gasteiger partial charge on any atom is -0.497 e. The lowest BCUT2D eigenvalue weighted by Gasteiger charge is -2.34. The molecule has 0 aliphatic carbocycles. The van der Waals surface area contributed by atoms with Crippen LogP contribution in [0.4, 0.5) is 5.69 Å². The molecule has 4 rings (SSSR count). The molecule has 1 aromatic heterocycles. The Balaban J connectivity index is 1.29. The second kappa shape index (κ2) is 9.57. The average Bonchev–Trinajstić information content (AvgIpc) is 2.80. The summed E-state index contributed by atoms with van der Waals surface area (Å²) in [6.07, 6.45) is 6.17. The molecule has 0 radical (unpaired) electrons. The zero-order valence-corrected chi connectivity index (χ0v) is 17.0. The molecular weight excluding hydrogens is 360 g/mol. The third kappa shape index (κ3) is 5.15. The summed E-state index contributed by atoms with van der Waals surface area (Å²) in [5.41, 5.74) is 5.08. The van der Waals surface area contributed by atoms with Gasteiger partial charge in [0.05, 0.1) is 20.3 Å². The van der Waals surface area contributed by atoms with Gasteiger partial charge in [0.15, 0.2) is 0 Å². The molecular formula is C25H28N2O2. The molecule has 150 valence electrons. The van der Waals surface area contributed by atoms with Gasteiger partial charge in [0.2, 0.25) is 0 Å². The number of piperidine rings is 1. The Morgan fingerprint density at radius 3 is 2.34 bits per heavy atom. The van der Waals surface area contributed by atoms with Gasteiger partial charge in [0.1, 0.15) is 5.75 Å². The highest BCUT2D eigenvalue weighted by molar-refractivity contribution is 5.49. The molecule has 1 saturated heterocycles. The Hall–Kier alpha value is -2.85.